The number of nitrogen functional groups attached to an aromatic ring is 1. The van der Waals surface area contributed by atoms with Crippen molar-refractivity contribution >= 4 is 74.9 Å². The number of nitrogens with one attached hydrogen (secondary N) is 1. The number of hydrogen-bond acceptors (Lipinski definition) is 10. The molecular weight excluding hydrogens is 551 g/mol. The lowest BCUT2D eigenvalue weighted by Gasteiger charge is -2.50. The maximum absolute atomic E-state index is 13.1. The number of rotatable bonds is 8. The first-order valence-corrected chi connectivity index (χ1v) is 13.3. The number of alkyl halides is 2. The number of thioether (sulfide) groups is 1. The van der Waals surface area contributed by atoms with Gasteiger partial charge in [-0.15, -0.1) is 23.1 Å². The van der Waals surface area contributed by atoms with Crippen LogP contribution in [0.25, 0.3) is 0 Å². The largest absolute Gasteiger partial charge is 0.543 e. The highest BCUT2D eigenvalue weighted by Crippen LogP contribution is 2.49. The number of carbonyl (C=O) groups is 3. The van der Waals surface area contributed by atoms with Crippen molar-refractivity contribution in [3.63, 3.8) is 0 Å². The lowest BCUT2D eigenvalue weighted by Crippen LogP contribution is -2.71. The molecule has 1 aliphatic carbocycles. The second-order valence-electron chi connectivity index (χ2n) is 8.22. The maximum atomic E-state index is 13.1. The van der Waals surface area contributed by atoms with Crippen LogP contribution in [0.4, 0.5) is 5.13 Å². The summed E-state index contributed by atoms with van der Waals surface area (Å²) in [6.07, 6.45) is 3.34. The lowest BCUT2D eigenvalue weighted by molar-refractivity contribution is -0.689. The third-order valence-electron chi connectivity index (χ3n) is 5.70. The second-order valence-corrected chi connectivity index (χ2v) is 11.8. The Morgan fingerprint density at radius 2 is 2.08 bits per heavy atom. The number of hydrogen-bond donors (Lipinski definition) is 2. The monoisotopic (exact) mass is 568 g/mol. The molecule has 4 heterocycles. The molecular formula is C21H18Cl2N6O5S2. The first kappa shape index (κ1) is 24.8. The van der Waals surface area contributed by atoms with E-state index < -0.39 is 39.6 Å². The summed E-state index contributed by atoms with van der Waals surface area (Å²) in [5.41, 5.74) is 6.00. The number of carboxylic acids is 1. The molecule has 2 aromatic rings. The smallest absolute Gasteiger partial charge is 0.276 e. The molecule has 2 fully saturated rings. The molecule has 3 aliphatic rings. The Hall–Kier alpha value is -2.87. The topological polar surface area (TPSA) is 154 Å². The molecule has 0 aromatic carbocycles. The third-order valence-corrected chi connectivity index (χ3v) is 8.51. The Balaban J connectivity index is 1.33. The molecule has 2 aliphatic heterocycles. The van der Waals surface area contributed by atoms with Crippen molar-refractivity contribution in [1.29, 1.82) is 0 Å². The Bertz CT molecular complexity index is 1300. The van der Waals surface area contributed by atoms with Crippen molar-refractivity contribution in [2.24, 2.45) is 5.16 Å². The number of oxime groups is 1. The van der Waals surface area contributed by atoms with E-state index in [0.717, 1.165) is 16.2 Å². The summed E-state index contributed by atoms with van der Waals surface area (Å²) in [6, 6.07) is 4.50. The predicted octanol–water partition coefficient (Wildman–Crippen LogP) is -0.216. The molecule has 1 saturated carbocycles. The van der Waals surface area contributed by atoms with Gasteiger partial charge >= 0.3 is 0 Å². The summed E-state index contributed by atoms with van der Waals surface area (Å²) >= 11 is 14.4. The van der Waals surface area contributed by atoms with E-state index >= 15 is 0 Å². The van der Waals surface area contributed by atoms with Crippen LogP contribution < -0.4 is 20.7 Å². The number of aliphatic carboxylic acids is 1. The molecule has 1 unspecified atom stereocenters. The van der Waals surface area contributed by atoms with Crippen molar-refractivity contribution in [2.45, 2.75) is 34.8 Å². The van der Waals surface area contributed by atoms with Crippen LogP contribution in [0.15, 0.2) is 52.4 Å². The zero-order chi connectivity index (χ0) is 25.6. The Morgan fingerprint density at radius 1 is 1.36 bits per heavy atom. The molecule has 36 heavy (non-hydrogen) atoms. The van der Waals surface area contributed by atoms with Crippen LogP contribution in [0.2, 0.25) is 0 Å². The number of pyridine rings is 1. The van der Waals surface area contributed by atoms with Gasteiger partial charge in [0.05, 0.1) is 11.7 Å². The van der Waals surface area contributed by atoms with Crippen LogP contribution in [0.5, 0.6) is 0 Å². The minimum Gasteiger partial charge on any atom is -0.543 e. The van der Waals surface area contributed by atoms with Gasteiger partial charge in [-0.05, 0) is 0 Å². The molecule has 188 valence electrons. The molecule has 1 saturated heterocycles. The highest BCUT2D eigenvalue weighted by atomic mass is 35.5. The highest BCUT2D eigenvalue weighted by Gasteiger charge is 2.56. The van der Waals surface area contributed by atoms with E-state index in [4.69, 9.17) is 33.8 Å². The molecule has 3 N–H and O–H groups in total. The SMILES string of the molecule is Nc1nc(C(=NOC2CC2(Cl)Cl)C(=O)N[C@@H]2C(=O)N3C(C(=O)[O-])=C(C[n+]4ccccc4)CS[C@@H]23)cs1. The summed E-state index contributed by atoms with van der Waals surface area (Å²) in [5, 5.41) is 19.6. The quantitative estimate of drug-likeness (QED) is 0.146. The van der Waals surface area contributed by atoms with Crippen LogP contribution >= 0.6 is 46.3 Å². The van der Waals surface area contributed by atoms with E-state index in [2.05, 4.69) is 15.5 Å². The fraction of sp³-hybridized carbons (Fsp3) is 0.333. The molecule has 0 bridgehead atoms. The van der Waals surface area contributed by atoms with Crippen molar-refractivity contribution in [1.82, 2.24) is 15.2 Å². The average Bonchev–Trinajstić information content (AvgIpc) is 3.23. The van der Waals surface area contributed by atoms with Gasteiger partial charge in [-0.25, -0.2) is 9.55 Å². The lowest BCUT2D eigenvalue weighted by atomic mass is 10.0. The van der Waals surface area contributed by atoms with Crippen LogP contribution in [0.1, 0.15) is 12.1 Å². The zero-order valence-corrected chi connectivity index (χ0v) is 21.4. The van der Waals surface area contributed by atoms with Gasteiger partial charge in [-0.2, -0.15) is 0 Å². The first-order chi connectivity index (χ1) is 17.2. The first-order valence-electron chi connectivity index (χ1n) is 10.6. The Kier molecular flexibility index (Phi) is 6.57. The highest BCUT2D eigenvalue weighted by molar-refractivity contribution is 8.00. The van der Waals surface area contributed by atoms with Crippen LogP contribution in [-0.2, 0) is 25.8 Å². The number of carboxylic acid groups (broad SMARTS) is 1. The molecule has 15 heteroatoms. The summed E-state index contributed by atoms with van der Waals surface area (Å²) in [5.74, 6) is -2.42. The fourth-order valence-corrected chi connectivity index (χ4v) is 6.03. The van der Waals surface area contributed by atoms with Crippen LogP contribution in [0.3, 0.4) is 0 Å². The fourth-order valence-electron chi connectivity index (χ4n) is 3.78. The van der Waals surface area contributed by atoms with E-state index in [9.17, 15) is 19.5 Å². The Morgan fingerprint density at radius 3 is 2.69 bits per heavy atom. The van der Waals surface area contributed by atoms with Crippen LogP contribution in [0, 0.1) is 0 Å². The third kappa shape index (κ3) is 4.75. The number of halogens is 2. The maximum Gasteiger partial charge on any atom is 0.276 e. The van der Waals surface area contributed by atoms with Gasteiger partial charge < -0.3 is 25.8 Å². The molecule has 2 aromatic heterocycles. The van der Waals surface area contributed by atoms with Gasteiger partial charge in [0.15, 0.2) is 40.2 Å². The van der Waals surface area contributed by atoms with Gasteiger partial charge in [-0.3, -0.25) is 14.5 Å². The molecule has 3 atom stereocenters. The normalized spacial score (nSPS) is 24.6. The second kappa shape index (κ2) is 9.54. The molecule has 5 rings (SSSR count). The number of β-lactam (4-membered cyclic amide) rings is 1. The minimum atomic E-state index is -1.45. The summed E-state index contributed by atoms with van der Waals surface area (Å²) in [6.45, 7) is 0.286. The number of carbonyl (C=O) groups excluding carboxylic acids is 3. The summed E-state index contributed by atoms with van der Waals surface area (Å²) < 4.78 is 0.722. The zero-order valence-electron chi connectivity index (χ0n) is 18.3. The van der Waals surface area contributed by atoms with Gasteiger partial charge in [0.2, 0.25) is 0 Å². The van der Waals surface area contributed by atoms with Gasteiger partial charge in [0.25, 0.3) is 11.8 Å². The van der Waals surface area contributed by atoms with Gasteiger partial charge in [0, 0.05) is 35.3 Å². The number of thiazole rings is 1. The van der Waals surface area contributed by atoms with E-state index in [1.54, 1.807) is 17.0 Å². The van der Waals surface area contributed by atoms with E-state index in [1.807, 2.05) is 18.2 Å². The van der Waals surface area contributed by atoms with Crippen LogP contribution in [-0.4, -0.2) is 61.0 Å². The molecule has 2 amide bonds. The van der Waals surface area contributed by atoms with E-state index in [1.165, 1.54) is 17.1 Å². The van der Waals surface area contributed by atoms with Gasteiger partial charge in [0.1, 0.15) is 17.1 Å². The van der Waals surface area contributed by atoms with Crippen molar-refractivity contribution in [3.05, 3.63) is 52.9 Å². The van der Waals surface area contributed by atoms with Crippen molar-refractivity contribution in [3.8, 4) is 0 Å². The summed E-state index contributed by atoms with van der Waals surface area (Å²) in [4.78, 5) is 48.6. The van der Waals surface area contributed by atoms with Gasteiger partial charge in [-0.1, -0.05) is 34.4 Å². The van der Waals surface area contributed by atoms with Crippen molar-refractivity contribution < 1.29 is 28.9 Å². The minimum absolute atomic E-state index is 0.155. The molecule has 0 spiro atoms. The molecule has 11 nitrogen and oxygen atoms in total. The van der Waals surface area contributed by atoms with E-state index in [-0.39, 0.29) is 28.8 Å². The van der Waals surface area contributed by atoms with Crippen molar-refractivity contribution in [2.75, 3.05) is 11.5 Å². The number of nitrogens with two attached hydrogens (primary N) is 1. The Labute approximate surface area is 222 Å². The number of amides is 2. The number of anilines is 1. The average molecular weight is 569 g/mol. The number of fused-ring (bicyclic) bond motifs is 1. The number of aromatic nitrogens is 2. The molecule has 0 radical (unpaired) electrons. The predicted molar refractivity (Wildman–Crippen MR) is 131 cm³/mol. The summed E-state index contributed by atoms with van der Waals surface area (Å²) in [7, 11) is 0. The number of nitrogens with zero attached hydrogens (tertiary/aromatic N) is 4. The van der Waals surface area contributed by atoms with E-state index in [0.29, 0.717) is 17.7 Å². The standard InChI is InChI=1S/C21H18Cl2N6O5S2/c22-21(23)6-12(21)34-27-13(11-9-36-20(24)25-11)16(30)26-14-17(31)29-15(19(32)33)10(8-35-18(14)29)7-28-4-2-1-3-5-28/h1-5,9,12,14,18H,6-8H2,(H3-,24,25,26,30,32,33)/t12?,14-,18+/m1/s1.